The van der Waals surface area contributed by atoms with Crippen LogP contribution in [0.5, 0.6) is 0 Å². The second kappa shape index (κ2) is 4.46. The minimum Gasteiger partial charge on any atom is -0.385 e. The first-order chi connectivity index (χ1) is 6.22. The van der Waals surface area contributed by atoms with E-state index in [1.54, 1.807) is 14.2 Å². The van der Waals surface area contributed by atoms with E-state index < -0.39 is 0 Å². The summed E-state index contributed by atoms with van der Waals surface area (Å²) >= 11 is 0. The number of hydrogen-bond donors (Lipinski definition) is 2. The molecule has 0 aromatic rings. The summed E-state index contributed by atoms with van der Waals surface area (Å²) in [4.78, 5) is 3.85. The van der Waals surface area contributed by atoms with E-state index in [-0.39, 0.29) is 0 Å². The van der Waals surface area contributed by atoms with Crippen molar-refractivity contribution in [3.63, 3.8) is 0 Å². The van der Waals surface area contributed by atoms with Gasteiger partial charge in [0, 0.05) is 27.3 Å². The Hall–Kier alpha value is -0.770. The van der Waals surface area contributed by atoms with Gasteiger partial charge in [-0.2, -0.15) is 0 Å². The number of methoxy groups -OCH3 is 1. The molecule has 0 amide bonds. The van der Waals surface area contributed by atoms with Crippen LogP contribution in [0.3, 0.4) is 0 Å². The summed E-state index contributed by atoms with van der Waals surface area (Å²) in [5.41, 5.74) is 5.98. The Kier molecular flexibility index (Phi) is 3.54. The van der Waals surface area contributed by atoms with Gasteiger partial charge in [0.15, 0.2) is 5.96 Å². The average Bonchev–Trinajstić information content (AvgIpc) is 2.92. The lowest BCUT2D eigenvalue weighted by Gasteiger charge is -2.15. The number of nitrogens with zero attached hydrogens (tertiary/aromatic N) is 1. The Labute approximate surface area is 79.6 Å². The second-order valence-corrected chi connectivity index (χ2v) is 3.71. The number of nitrogens with one attached hydrogen (secondary N) is 1. The van der Waals surface area contributed by atoms with E-state index in [2.05, 4.69) is 10.3 Å². The monoisotopic (exact) mass is 185 g/mol. The van der Waals surface area contributed by atoms with Crippen molar-refractivity contribution in [3.8, 4) is 0 Å². The van der Waals surface area contributed by atoms with E-state index in [0.717, 1.165) is 19.6 Å². The van der Waals surface area contributed by atoms with Crippen molar-refractivity contribution in [1.82, 2.24) is 5.32 Å². The van der Waals surface area contributed by atoms with E-state index in [9.17, 15) is 0 Å². The van der Waals surface area contributed by atoms with Gasteiger partial charge >= 0.3 is 0 Å². The molecule has 4 nitrogen and oxygen atoms in total. The van der Waals surface area contributed by atoms with Crippen LogP contribution in [0.25, 0.3) is 0 Å². The SMILES string of the molecule is CN=C(N)NCC1(CCOC)CC1. The zero-order chi connectivity index (χ0) is 9.73. The van der Waals surface area contributed by atoms with Gasteiger partial charge in [-0.25, -0.2) is 0 Å². The highest BCUT2D eigenvalue weighted by Gasteiger charge is 2.41. The van der Waals surface area contributed by atoms with Crippen LogP contribution in [0.2, 0.25) is 0 Å². The van der Waals surface area contributed by atoms with Crippen LogP contribution in [0.4, 0.5) is 0 Å². The molecule has 4 heteroatoms. The summed E-state index contributed by atoms with van der Waals surface area (Å²) in [6, 6.07) is 0. The largest absolute Gasteiger partial charge is 0.385 e. The summed E-state index contributed by atoms with van der Waals surface area (Å²) in [7, 11) is 3.43. The topological polar surface area (TPSA) is 59.6 Å². The van der Waals surface area contributed by atoms with Crippen LogP contribution in [-0.4, -0.2) is 33.3 Å². The molecule has 0 bridgehead atoms. The Bertz CT molecular complexity index is 187. The van der Waals surface area contributed by atoms with E-state index >= 15 is 0 Å². The molecule has 1 aliphatic rings. The van der Waals surface area contributed by atoms with Crippen molar-refractivity contribution in [1.29, 1.82) is 0 Å². The lowest BCUT2D eigenvalue weighted by Crippen LogP contribution is -2.36. The predicted octanol–water partition coefficient (Wildman–Crippen LogP) is 0.337. The van der Waals surface area contributed by atoms with Crippen LogP contribution in [0.15, 0.2) is 4.99 Å². The van der Waals surface area contributed by atoms with Crippen LogP contribution < -0.4 is 11.1 Å². The molecule has 76 valence electrons. The zero-order valence-electron chi connectivity index (χ0n) is 8.47. The van der Waals surface area contributed by atoms with Gasteiger partial charge in [-0.3, -0.25) is 4.99 Å². The molecule has 0 atom stereocenters. The van der Waals surface area contributed by atoms with E-state index in [1.807, 2.05) is 0 Å². The van der Waals surface area contributed by atoms with Gasteiger partial charge in [-0.1, -0.05) is 0 Å². The summed E-state index contributed by atoms with van der Waals surface area (Å²) in [5, 5.41) is 3.12. The Balaban J connectivity index is 2.19. The molecule has 0 radical (unpaired) electrons. The van der Waals surface area contributed by atoms with Crippen molar-refractivity contribution in [2.24, 2.45) is 16.1 Å². The minimum atomic E-state index is 0.436. The Morgan fingerprint density at radius 2 is 2.31 bits per heavy atom. The van der Waals surface area contributed by atoms with Crippen LogP contribution in [-0.2, 0) is 4.74 Å². The number of guanidine groups is 1. The van der Waals surface area contributed by atoms with Crippen LogP contribution in [0, 0.1) is 5.41 Å². The van der Waals surface area contributed by atoms with Gasteiger partial charge in [0.25, 0.3) is 0 Å². The average molecular weight is 185 g/mol. The van der Waals surface area contributed by atoms with Gasteiger partial charge in [-0.05, 0) is 24.7 Å². The van der Waals surface area contributed by atoms with Crippen molar-refractivity contribution in [2.75, 3.05) is 27.3 Å². The highest BCUT2D eigenvalue weighted by atomic mass is 16.5. The lowest BCUT2D eigenvalue weighted by atomic mass is 10.0. The molecule has 0 heterocycles. The van der Waals surface area contributed by atoms with E-state index in [1.165, 1.54) is 12.8 Å². The third-order valence-electron chi connectivity index (χ3n) is 2.68. The molecule has 0 aromatic carbocycles. The van der Waals surface area contributed by atoms with Crippen LogP contribution >= 0.6 is 0 Å². The molecule has 0 aliphatic heterocycles. The molecular weight excluding hydrogens is 166 g/mol. The predicted molar refractivity (Wildman–Crippen MR) is 53.7 cm³/mol. The highest BCUT2D eigenvalue weighted by molar-refractivity contribution is 5.77. The molecule has 1 saturated carbocycles. The van der Waals surface area contributed by atoms with Gasteiger partial charge < -0.3 is 15.8 Å². The number of ether oxygens (including phenoxy) is 1. The summed E-state index contributed by atoms with van der Waals surface area (Å²) in [6.45, 7) is 1.77. The molecule has 1 aliphatic carbocycles. The van der Waals surface area contributed by atoms with E-state index in [4.69, 9.17) is 10.5 Å². The quantitative estimate of drug-likeness (QED) is 0.479. The zero-order valence-corrected chi connectivity index (χ0v) is 8.47. The second-order valence-electron chi connectivity index (χ2n) is 3.71. The van der Waals surface area contributed by atoms with Gasteiger partial charge in [-0.15, -0.1) is 0 Å². The standard InChI is InChI=1S/C9H19N3O/c1-11-8(10)12-7-9(3-4-9)5-6-13-2/h3-7H2,1-2H3,(H3,10,11,12). The van der Waals surface area contributed by atoms with Crippen molar-refractivity contribution in [2.45, 2.75) is 19.3 Å². The van der Waals surface area contributed by atoms with Gasteiger partial charge in [0.2, 0.25) is 0 Å². The first-order valence-corrected chi connectivity index (χ1v) is 4.67. The smallest absolute Gasteiger partial charge is 0.188 e. The fraction of sp³-hybridized carbons (Fsp3) is 0.889. The molecule has 1 fully saturated rings. The highest BCUT2D eigenvalue weighted by Crippen LogP contribution is 2.48. The summed E-state index contributed by atoms with van der Waals surface area (Å²) < 4.78 is 5.06. The molecule has 0 aromatic heterocycles. The van der Waals surface area contributed by atoms with Crippen molar-refractivity contribution < 1.29 is 4.74 Å². The maximum Gasteiger partial charge on any atom is 0.188 e. The fourth-order valence-electron chi connectivity index (χ4n) is 1.37. The van der Waals surface area contributed by atoms with E-state index in [0.29, 0.717) is 11.4 Å². The van der Waals surface area contributed by atoms with Crippen LogP contribution in [0.1, 0.15) is 19.3 Å². The summed E-state index contributed by atoms with van der Waals surface area (Å²) in [5.74, 6) is 0.531. The fourth-order valence-corrected chi connectivity index (χ4v) is 1.37. The lowest BCUT2D eigenvalue weighted by molar-refractivity contribution is 0.172. The first-order valence-electron chi connectivity index (χ1n) is 4.67. The maximum absolute atomic E-state index is 5.54. The first kappa shape index (κ1) is 10.3. The van der Waals surface area contributed by atoms with Gasteiger partial charge in [0.05, 0.1) is 0 Å². The normalized spacial score (nSPS) is 20.0. The molecule has 0 spiro atoms. The molecule has 1 rings (SSSR count). The maximum atomic E-state index is 5.54. The third-order valence-corrected chi connectivity index (χ3v) is 2.68. The van der Waals surface area contributed by atoms with Gasteiger partial charge in [0.1, 0.15) is 0 Å². The molecule has 13 heavy (non-hydrogen) atoms. The number of aliphatic imine (C=N–C) groups is 1. The summed E-state index contributed by atoms with van der Waals surface area (Å²) in [6.07, 6.45) is 3.67. The molecule has 3 N–H and O–H groups in total. The number of rotatable bonds is 5. The third kappa shape index (κ3) is 3.22. The van der Waals surface area contributed by atoms with Crippen molar-refractivity contribution >= 4 is 5.96 Å². The Morgan fingerprint density at radius 1 is 1.62 bits per heavy atom. The molecule has 0 saturated heterocycles. The number of nitrogens with two attached hydrogens (primary N) is 1. The number of hydrogen-bond acceptors (Lipinski definition) is 2. The minimum absolute atomic E-state index is 0.436. The van der Waals surface area contributed by atoms with Crippen molar-refractivity contribution in [3.05, 3.63) is 0 Å². The molecular formula is C9H19N3O. The Morgan fingerprint density at radius 3 is 2.77 bits per heavy atom. The molecule has 0 unspecified atom stereocenters.